The van der Waals surface area contributed by atoms with Gasteiger partial charge >= 0.3 is 0 Å². The van der Waals surface area contributed by atoms with Crippen LogP contribution in [-0.4, -0.2) is 52.8 Å². The van der Waals surface area contributed by atoms with Gasteiger partial charge < -0.3 is 9.80 Å². The van der Waals surface area contributed by atoms with Crippen LogP contribution in [0.2, 0.25) is 0 Å². The summed E-state index contributed by atoms with van der Waals surface area (Å²) in [4.78, 5) is 16.4. The van der Waals surface area contributed by atoms with E-state index in [2.05, 4.69) is 16.2 Å². The zero-order chi connectivity index (χ0) is 11.5. The maximum absolute atomic E-state index is 12.2. The molecule has 2 rings (SSSR count). The fraction of sp³-hybridized carbons (Fsp3) is 0.636. The molecule has 1 amide bonds. The van der Waals surface area contributed by atoms with E-state index in [0.717, 1.165) is 44.0 Å². The van der Waals surface area contributed by atoms with Crippen molar-refractivity contribution < 1.29 is 4.79 Å². The summed E-state index contributed by atoms with van der Waals surface area (Å²) >= 11 is 1.36. The van der Waals surface area contributed by atoms with Crippen molar-refractivity contribution in [2.24, 2.45) is 0 Å². The zero-order valence-corrected chi connectivity index (χ0v) is 10.6. The van der Waals surface area contributed by atoms with Crippen LogP contribution < -0.4 is 0 Å². The molecule has 4 nitrogen and oxygen atoms in total. The van der Waals surface area contributed by atoms with Crippen LogP contribution in [0.5, 0.6) is 0 Å². The highest BCUT2D eigenvalue weighted by atomic mass is 32.1. The quantitative estimate of drug-likeness (QED) is 0.779. The number of aryl methyl sites for hydroxylation is 1. The van der Waals surface area contributed by atoms with Crippen LogP contribution in [0.25, 0.3) is 0 Å². The van der Waals surface area contributed by atoms with Gasteiger partial charge in [-0.2, -0.15) is 4.37 Å². The predicted octanol–water partition coefficient (Wildman–Crippen LogP) is 1.23. The Morgan fingerprint density at radius 3 is 2.62 bits per heavy atom. The molecule has 1 aromatic rings. The lowest BCUT2D eigenvalue weighted by molar-refractivity contribution is 0.0643. The van der Waals surface area contributed by atoms with E-state index in [1.807, 2.05) is 17.2 Å². The molecule has 2 heterocycles. The van der Waals surface area contributed by atoms with E-state index in [0.29, 0.717) is 0 Å². The smallest absolute Gasteiger partial charge is 0.256 e. The Morgan fingerprint density at radius 1 is 1.44 bits per heavy atom. The minimum Gasteiger partial charge on any atom is -0.336 e. The fourth-order valence-electron chi connectivity index (χ4n) is 1.94. The molecule has 88 valence electrons. The van der Waals surface area contributed by atoms with E-state index in [-0.39, 0.29) is 5.91 Å². The second-order valence-electron chi connectivity index (χ2n) is 4.04. The number of hydrogen-bond donors (Lipinski definition) is 0. The molecule has 0 aromatic carbocycles. The van der Waals surface area contributed by atoms with E-state index >= 15 is 0 Å². The third-order valence-electron chi connectivity index (χ3n) is 3.09. The molecule has 0 unspecified atom stereocenters. The molecule has 0 N–H and O–H groups in total. The molecule has 1 saturated heterocycles. The Labute approximate surface area is 100 Å². The molecule has 5 heteroatoms. The second kappa shape index (κ2) is 4.93. The second-order valence-corrected chi connectivity index (χ2v) is 4.67. The summed E-state index contributed by atoms with van der Waals surface area (Å²) in [6.45, 7) is 8.76. The van der Waals surface area contributed by atoms with Crippen molar-refractivity contribution >= 4 is 17.4 Å². The number of carbonyl (C=O) groups is 1. The molecule has 0 saturated carbocycles. The van der Waals surface area contributed by atoms with Crippen molar-refractivity contribution in [3.63, 3.8) is 0 Å². The number of nitrogens with zero attached hydrogens (tertiary/aromatic N) is 3. The molecule has 0 spiro atoms. The van der Waals surface area contributed by atoms with Gasteiger partial charge in [0.15, 0.2) is 0 Å². The Morgan fingerprint density at radius 2 is 2.12 bits per heavy atom. The molecule has 16 heavy (non-hydrogen) atoms. The monoisotopic (exact) mass is 239 g/mol. The van der Waals surface area contributed by atoms with Crippen LogP contribution >= 0.6 is 11.5 Å². The van der Waals surface area contributed by atoms with Gasteiger partial charge in [0.05, 0.1) is 11.3 Å². The summed E-state index contributed by atoms with van der Waals surface area (Å²) < 4.78 is 4.15. The van der Waals surface area contributed by atoms with Crippen LogP contribution in [0.1, 0.15) is 23.0 Å². The highest BCUT2D eigenvalue weighted by molar-refractivity contribution is 7.03. The first-order valence-corrected chi connectivity index (χ1v) is 6.48. The molecule has 1 aliphatic rings. The van der Waals surface area contributed by atoms with Crippen LogP contribution in [0.3, 0.4) is 0 Å². The molecule has 0 atom stereocenters. The SMILES string of the molecule is CCN1CCN(C(=O)c2csnc2C)CC1. The molecular weight excluding hydrogens is 222 g/mol. The van der Waals surface area contributed by atoms with Crippen molar-refractivity contribution in [3.05, 3.63) is 16.6 Å². The molecular formula is C11H17N3OS. The topological polar surface area (TPSA) is 36.4 Å². The first-order chi connectivity index (χ1) is 7.72. The molecule has 0 aliphatic carbocycles. The van der Waals surface area contributed by atoms with Gasteiger partial charge in [0, 0.05) is 31.6 Å². The number of hydrogen-bond acceptors (Lipinski definition) is 4. The van der Waals surface area contributed by atoms with Crippen LogP contribution in [-0.2, 0) is 0 Å². The summed E-state index contributed by atoms with van der Waals surface area (Å²) in [5.74, 6) is 0.141. The highest BCUT2D eigenvalue weighted by Crippen LogP contribution is 2.13. The van der Waals surface area contributed by atoms with Gasteiger partial charge in [0.1, 0.15) is 0 Å². The number of likely N-dealkylation sites (N-methyl/N-ethyl adjacent to an activating group) is 1. The van der Waals surface area contributed by atoms with Crippen molar-refractivity contribution in [2.75, 3.05) is 32.7 Å². The highest BCUT2D eigenvalue weighted by Gasteiger charge is 2.23. The first kappa shape index (κ1) is 11.5. The van der Waals surface area contributed by atoms with Crippen LogP contribution in [0.4, 0.5) is 0 Å². The number of rotatable bonds is 2. The van der Waals surface area contributed by atoms with Gasteiger partial charge in [-0.15, -0.1) is 0 Å². The lowest BCUT2D eigenvalue weighted by Gasteiger charge is -2.33. The first-order valence-electron chi connectivity index (χ1n) is 5.65. The summed E-state index contributed by atoms with van der Waals surface area (Å²) in [7, 11) is 0. The number of piperazine rings is 1. The molecule has 1 aromatic heterocycles. The number of amides is 1. The molecule has 1 aliphatic heterocycles. The fourth-order valence-corrected chi connectivity index (χ4v) is 2.62. The van der Waals surface area contributed by atoms with Gasteiger partial charge in [-0.25, -0.2) is 0 Å². The summed E-state index contributed by atoms with van der Waals surface area (Å²) in [6, 6.07) is 0. The average molecular weight is 239 g/mol. The maximum Gasteiger partial charge on any atom is 0.256 e. The van der Waals surface area contributed by atoms with E-state index in [1.165, 1.54) is 11.5 Å². The van der Waals surface area contributed by atoms with E-state index in [9.17, 15) is 4.79 Å². The number of carbonyl (C=O) groups excluding carboxylic acids is 1. The molecule has 0 bridgehead atoms. The van der Waals surface area contributed by atoms with Gasteiger partial charge in [-0.1, -0.05) is 6.92 Å². The van der Waals surface area contributed by atoms with E-state index in [4.69, 9.17) is 0 Å². The summed E-state index contributed by atoms with van der Waals surface area (Å²) in [5, 5.41) is 1.85. The zero-order valence-electron chi connectivity index (χ0n) is 9.77. The minimum absolute atomic E-state index is 0.141. The Hall–Kier alpha value is -0.940. The van der Waals surface area contributed by atoms with E-state index in [1.54, 1.807) is 0 Å². The van der Waals surface area contributed by atoms with E-state index < -0.39 is 0 Å². The van der Waals surface area contributed by atoms with Crippen molar-refractivity contribution in [1.82, 2.24) is 14.2 Å². The van der Waals surface area contributed by atoms with Crippen molar-refractivity contribution in [3.8, 4) is 0 Å². The molecule has 1 fully saturated rings. The Kier molecular flexibility index (Phi) is 3.56. The van der Waals surface area contributed by atoms with Crippen molar-refractivity contribution in [1.29, 1.82) is 0 Å². The Bertz CT molecular complexity index is 369. The van der Waals surface area contributed by atoms with Crippen molar-refractivity contribution in [2.45, 2.75) is 13.8 Å². The van der Waals surface area contributed by atoms with Gasteiger partial charge in [-0.05, 0) is 25.0 Å². The maximum atomic E-state index is 12.2. The third kappa shape index (κ3) is 2.25. The lowest BCUT2D eigenvalue weighted by atomic mass is 10.2. The van der Waals surface area contributed by atoms with Crippen LogP contribution in [0, 0.1) is 6.92 Å². The summed E-state index contributed by atoms with van der Waals surface area (Å²) in [6.07, 6.45) is 0. The Balaban J connectivity index is 2.00. The van der Waals surface area contributed by atoms with Gasteiger partial charge in [-0.3, -0.25) is 4.79 Å². The van der Waals surface area contributed by atoms with Gasteiger partial charge in [0.2, 0.25) is 0 Å². The van der Waals surface area contributed by atoms with Gasteiger partial charge in [0.25, 0.3) is 5.91 Å². The molecule has 0 radical (unpaired) electrons. The van der Waals surface area contributed by atoms with Crippen LogP contribution in [0.15, 0.2) is 5.38 Å². The predicted molar refractivity (Wildman–Crippen MR) is 64.9 cm³/mol. The minimum atomic E-state index is 0.141. The lowest BCUT2D eigenvalue weighted by Crippen LogP contribution is -2.48. The standard InChI is InChI=1S/C11H17N3OS/c1-3-13-4-6-14(7-5-13)11(15)10-8-16-12-9(10)2/h8H,3-7H2,1-2H3. The number of aromatic nitrogens is 1. The third-order valence-corrected chi connectivity index (χ3v) is 3.81. The largest absolute Gasteiger partial charge is 0.336 e. The normalized spacial score (nSPS) is 17.8. The summed E-state index contributed by atoms with van der Waals surface area (Å²) in [5.41, 5.74) is 1.63. The average Bonchev–Trinajstić information content (AvgIpc) is 2.75.